The third kappa shape index (κ3) is 2.48. The molecule has 1 saturated carbocycles. The zero-order valence-electron chi connectivity index (χ0n) is 12.0. The summed E-state index contributed by atoms with van der Waals surface area (Å²) in [4.78, 5) is 0. The minimum atomic E-state index is 0.659. The molecule has 4 heteroatoms. The van der Waals surface area contributed by atoms with Gasteiger partial charge in [0, 0.05) is 17.3 Å². The van der Waals surface area contributed by atoms with Crippen LogP contribution in [0.2, 0.25) is 0 Å². The van der Waals surface area contributed by atoms with Gasteiger partial charge in [0.05, 0.1) is 5.69 Å². The van der Waals surface area contributed by atoms with Crippen LogP contribution < -0.4 is 11.1 Å². The van der Waals surface area contributed by atoms with E-state index in [9.17, 15) is 0 Å². The minimum absolute atomic E-state index is 0.659. The number of fused-ring (bicyclic) bond motifs is 1. The molecule has 0 aliphatic heterocycles. The molecule has 2 aromatic rings. The van der Waals surface area contributed by atoms with Crippen molar-refractivity contribution in [3.63, 3.8) is 0 Å². The first-order valence-corrected chi connectivity index (χ1v) is 7.45. The second-order valence-electron chi connectivity index (χ2n) is 5.75. The number of aryl methyl sites for hydroxylation is 1. The van der Waals surface area contributed by atoms with Crippen LogP contribution in [0.3, 0.4) is 0 Å². The van der Waals surface area contributed by atoms with Crippen LogP contribution in [0.1, 0.15) is 25.0 Å². The summed E-state index contributed by atoms with van der Waals surface area (Å²) in [5.74, 6) is 2.22. The number of hydrogen-bond acceptors (Lipinski definition) is 4. The largest absolute Gasteiger partial charge is 0.368 e. The predicted molar refractivity (Wildman–Crippen MR) is 82.7 cm³/mol. The van der Waals surface area contributed by atoms with E-state index in [-0.39, 0.29) is 0 Å². The molecule has 1 aromatic carbocycles. The van der Waals surface area contributed by atoms with Crippen LogP contribution in [-0.2, 0) is 0 Å². The van der Waals surface area contributed by atoms with E-state index in [1.807, 2.05) is 19.1 Å². The summed E-state index contributed by atoms with van der Waals surface area (Å²) in [6.07, 6.45) is 3.84. The van der Waals surface area contributed by atoms with Crippen molar-refractivity contribution in [2.75, 3.05) is 18.4 Å². The summed E-state index contributed by atoms with van der Waals surface area (Å²) in [6.45, 7) is 3.75. The Labute approximate surface area is 119 Å². The second-order valence-corrected chi connectivity index (χ2v) is 5.75. The van der Waals surface area contributed by atoms with Crippen molar-refractivity contribution >= 4 is 16.6 Å². The normalized spacial score (nSPS) is 22.3. The smallest absolute Gasteiger partial charge is 0.156 e. The Hall–Kier alpha value is -1.68. The van der Waals surface area contributed by atoms with E-state index in [1.54, 1.807) is 0 Å². The molecule has 20 heavy (non-hydrogen) atoms. The molecular weight excluding hydrogens is 248 g/mol. The van der Waals surface area contributed by atoms with Gasteiger partial charge in [0.2, 0.25) is 0 Å². The van der Waals surface area contributed by atoms with Gasteiger partial charge in [-0.1, -0.05) is 30.7 Å². The van der Waals surface area contributed by atoms with Gasteiger partial charge >= 0.3 is 0 Å². The molecule has 0 amide bonds. The second kappa shape index (κ2) is 5.75. The molecule has 1 aromatic heterocycles. The van der Waals surface area contributed by atoms with Crippen LogP contribution in [0.15, 0.2) is 24.3 Å². The Morgan fingerprint density at radius 1 is 1.15 bits per heavy atom. The van der Waals surface area contributed by atoms with E-state index in [4.69, 9.17) is 5.73 Å². The van der Waals surface area contributed by atoms with Crippen molar-refractivity contribution in [3.05, 3.63) is 30.0 Å². The number of anilines is 1. The van der Waals surface area contributed by atoms with Gasteiger partial charge in [-0.2, -0.15) is 5.10 Å². The Balaban J connectivity index is 1.79. The first-order chi connectivity index (χ1) is 9.79. The standard InChI is InChI=1S/C16H22N4/c1-11-14-7-2-3-8-15(14)16(20-19-11)18-10-13-6-4-5-12(13)9-17/h2-3,7-8,12-13H,4-6,9-10,17H2,1H3,(H,18,20). The average molecular weight is 270 g/mol. The van der Waals surface area contributed by atoms with E-state index < -0.39 is 0 Å². The molecule has 1 fully saturated rings. The lowest BCUT2D eigenvalue weighted by Crippen LogP contribution is -2.24. The topological polar surface area (TPSA) is 63.8 Å². The van der Waals surface area contributed by atoms with Gasteiger partial charge in [0.1, 0.15) is 0 Å². The number of nitrogens with two attached hydrogens (primary N) is 1. The zero-order chi connectivity index (χ0) is 13.9. The van der Waals surface area contributed by atoms with E-state index >= 15 is 0 Å². The number of benzene rings is 1. The first kappa shape index (κ1) is 13.3. The molecule has 3 N–H and O–H groups in total. The maximum absolute atomic E-state index is 5.85. The van der Waals surface area contributed by atoms with Crippen molar-refractivity contribution < 1.29 is 0 Å². The van der Waals surface area contributed by atoms with Gasteiger partial charge in [0.15, 0.2) is 5.82 Å². The van der Waals surface area contributed by atoms with Crippen molar-refractivity contribution in [1.82, 2.24) is 10.2 Å². The zero-order valence-corrected chi connectivity index (χ0v) is 12.0. The Morgan fingerprint density at radius 2 is 1.90 bits per heavy atom. The number of nitrogens with one attached hydrogen (secondary N) is 1. The fourth-order valence-corrected chi connectivity index (χ4v) is 3.29. The lowest BCUT2D eigenvalue weighted by Gasteiger charge is -2.19. The highest BCUT2D eigenvalue weighted by Gasteiger charge is 2.25. The summed E-state index contributed by atoms with van der Waals surface area (Å²) in [7, 11) is 0. The van der Waals surface area contributed by atoms with Crippen LogP contribution in [-0.4, -0.2) is 23.3 Å². The molecular formula is C16H22N4. The molecule has 0 saturated heterocycles. The maximum Gasteiger partial charge on any atom is 0.156 e. The van der Waals surface area contributed by atoms with E-state index in [0.29, 0.717) is 11.8 Å². The highest BCUT2D eigenvalue weighted by molar-refractivity contribution is 5.92. The third-order valence-electron chi connectivity index (χ3n) is 4.52. The molecule has 1 aliphatic carbocycles. The molecule has 2 unspecified atom stereocenters. The van der Waals surface area contributed by atoms with Crippen LogP contribution in [0.4, 0.5) is 5.82 Å². The highest BCUT2D eigenvalue weighted by Crippen LogP contribution is 2.31. The van der Waals surface area contributed by atoms with Gasteiger partial charge in [-0.3, -0.25) is 0 Å². The van der Waals surface area contributed by atoms with E-state index in [1.165, 1.54) is 24.6 Å². The lowest BCUT2D eigenvalue weighted by atomic mass is 9.96. The number of rotatable bonds is 4. The Morgan fingerprint density at radius 3 is 2.70 bits per heavy atom. The summed E-state index contributed by atoms with van der Waals surface area (Å²) in [5, 5.41) is 14.4. The van der Waals surface area contributed by atoms with Crippen LogP contribution in [0.5, 0.6) is 0 Å². The highest BCUT2D eigenvalue weighted by atomic mass is 15.2. The Bertz CT molecular complexity index is 596. The van der Waals surface area contributed by atoms with Gasteiger partial charge in [-0.05, 0) is 38.1 Å². The lowest BCUT2D eigenvalue weighted by molar-refractivity contribution is 0.414. The molecule has 0 radical (unpaired) electrons. The van der Waals surface area contributed by atoms with Crippen molar-refractivity contribution in [1.29, 1.82) is 0 Å². The van der Waals surface area contributed by atoms with Crippen LogP contribution in [0, 0.1) is 18.8 Å². The quantitative estimate of drug-likeness (QED) is 0.896. The first-order valence-electron chi connectivity index (χ1n) is 7.45. The SMILES string of the molecule is Cc1nnc(NCC2CCCC2CN)c2ccccc12. The maximum atomic E-state index is 5.85. The van der Waals surface area contributed by atoms with Crippen molar-refractivity contribution in [2.45, 2.75) is 26.2 Å². The van der Waals surface area contributed by atoms with Crippen LogP contribution >= 0.6 is 0 Å². The minimum Gasteiger partial charge on any atom is -0.368 e. The summed E-state index contributed by atoms with van der Waals surface area (Å²) < 4.78 is 0. The van der Waals surface area contributed by atoms with Crippen LogP contribution in [0.25, 0.3) is 10.8 Å². The van der Waals surface area contributed by atoms with Gasteiger partial charge in [-0.25, -0.2) is 0 Å². The van der Waals surface area contributed by atoms with Gasteiger partial charge in [-0.15, -0.1) is 5.10 Å². The average Bonchev–Trinajstić information content (AvgIpc) is 2.94. The molecule has 2 atom stereocenters. The molecule has 3 rings (SSSR count). The monoisotopic (exact) mass is 270 g/mol. The molecule has 1 aliphatic rings. The van der Waals surface area contributed by atoms with Crippen molar-refractivity contribution in [2.24, 2.45) is 17.6 Å². The summed E-state index contributed by atoms with van der Waals surface area (Å²) >= 11 is 0. The van der Waals surface area contributed by atoms with E-state index in [2.05, 4.69) is 27.6 Å². The number of hydrogen-bond donors (Lipinski definition) is 2. The Kier molecular flexibility index (Phi) is 3.83. The molecule has 106 valence electrons. The van der Waals surface area contributed by atoms with E-state index in [0.717, 1.165) is 30.0 Å². The number of nitrogens with zero attached hydrogens (tertiary/aromatic N) is 2. The van der Waals surface area contributed by atoms with Crippen molar-refractivity contribution in [3.8, 4) is 0 Å². The number of aromatic nitrogens is 2. The van der Waals surface area contributed by atoms with Gasteiger partial charge < -0.3 is 11.1 Å². The molecule has 0 spiro atoms. The van der Waals surface area contributed by atoms with Gasteiger partial charge in [0.25, 0.3) is 0 Å². The fourth-order valence-electron chi connectivity index (χ4n) is 3.29. The third-order valence-corrected chi connectivity index (χ3v) is 4.52. The molecule has 4 nitrogen and oxygen atoms in total. The molecule has 0 bridgehead atoms. The predicted octanol–water partition coefficient (Wildman–Crippen LogP) is 2.73. The summed E-state index contributed by atoms with van der Waals surface area (Å²) in [6, 6.07) is 8.30. The fraction of sp³-hybridized carbons (Fsp3) is 0.500. The summed E-state index contributed by atoms with van der Waals surface area (Å²) in [5.41, 5.74) is 6.83. The molecule has 1 heterocycles.